The number of nitrogens with one attached hydrogen (secondary N) is 1. The van der Waals surface area contributed by atoms with E-state index >= 15 is 0 Å². The van der Waals surface area contributed by atoms with Crippen molar-refractivity contribution in [2.75, 3.05) is 0 Å². The van der Waals surface area contributed by atoms with Crippen molar-refractivity contribution in [1.82, 2.24) is 4.98 Å². The minimum absolute atomic E-state index is 0.611. The molecule has 0 saturated carbocycles. The molecular weight excluding hydrogens is 282 g/mol. The minimum atomic E-state index is -0.611. The van der Waals surface area contributed by atoms with Crippen LogP contribution in [0.15, 0.2) is 84.9 Å². The smallest absolute Gasteiger partial charge is 0.104 e. The highest BCUT2D eigenvalue weighted by Crippen LogP contribution is 2.28. The summed E-state index contributed by atoms with van der Waals surface area (Å²) in [6.07, 6.45) is -0.611. The van der Waals surface area contributed by atoms with Crippen molar-refractivity contribution in [1.29, 1.82) is 0 Å². The number of hydrogen-bond donors (Lipinski definition) is 2. The lowest BCUT2D eigenvalue weighted by Crippen LogP contribution is -1.99. The fourth-order valence-corrected chi connectivity index (χ4v) is 2.93. The van der Waals surface area contributed by atoms with Crippen LogP contribution in [0.2, 0.25) is 0 Å². The lowest BCUT2D eigenvalue weighted by atomic mass is 9.99. The van der Waals surface area contributed by atoms with Crippen LogP contribution in [0.3, 0.4) is 0 Å². The van der Waals surface area contributed by atoms with E-state index in [0.717, 1.165) is 27.9 Å². The average molecular weight is 299 g/mol. The summed E-state index contributed by atoms with van der Waals surface area (Å²) < 4.78 is 0. The SMILES string of the molecule is OC(c1ccccc1)c1cccc(-c2cc3ccccc3[nH]2)c1. The van der Waals surface area contributed by atoms with Crippen molar-refractivity contribution in [3.8, 4) is 11.3 Å². The topological polar surface area (TPSA) is 36.0 Å². The van der Waals surface area contributed by atoms with Gasteiger partial charge < -0.3 is 10.1 Å². The maximum atomic E-state index is 10.6. The molecule has 2 nitrogen and oxygen atoms in total. The van der Waals surface area contributed by atoms with E-state index in [0.29, 0.717) is 0 Å². The number of rotatable bonds is 3. The predicted octanol–water partition coefficient (Wildman–Crippen LogP) is 4.92. The first kappa shape index (κ1) is 13.8. The molecule has 2 heteroatoms. The molecule has 0 fully saturated rings. The molecule has 1 heterocycles. The molecule has 0 bridgehead atoms. The lowest BCUT2D eigenvalue weighted by Gasteiger charge is -2.12. The maximum Gasteiger partial charge on any atom is 0.104 e. The fraction of sp³-hybridized carbons (Fsp3) is 0.0476. The van der Waals surface area contributed by atoms with E-state index in [9.17, 15) is 5.11 Å². The molecule has 1 atom stereocenters. The van der Waals surface area contributed by atoms with E-state index in [2.05, 4.69) is 29.2 Å². The minimum Gasteiger partial charge on any atom is -0.384 e. The van der Waals surface area contributed by atoms with Crippen LogP contribution in [-0.2, 0) is 0 Å². The molecule has 3 aromatic carbocycles. The van der Waals surface area contributed by atoms with Crippen LogP contribution in [0.4, 0.5) is 0 Å². The highest BCUT2D eigenvalue weighted by molar-refractivity contribution is 5.85. The van der Waals surface area contributed by atoms with Crippen molar-refractivity contribution in [2.24, 2.45) is 0 Å². The molecule has 112 valence electrons. The normalized spacial score (nSPS) is 12.4. The molecule has 1 unspecified atom stereocenters. The van der Waals surface area contributed by atoms with Crippen molar-refractivity contribution in [3.63, 3.8) is 0 Å². The van der Waals surface area contributed by atoms with Gasteiger partial charge in [-0.05, 0) is 34.9 Å². The Morgan fingerprint density at radius 2 is 1.43 bits per heavy atom. The number of para-hydroxylation sites is 1. The Bertz CT molecular complexity index is 907. The fourth-order valence-electron chi connectivity index (χ4n) is 2.93. The molecule has 0 aliphatic heterocycles. The molecule has 0 saturated heterocycles. The monoisotopic (exact) mass is 299 g/mol. The first-order chi connectivity index (χ1) is 11.3. The van der Waals surface area contributed by atoms with Crippen LogP contribution >= 0.6 is 0 Å². The van der Waals surface area contributed by atoms with Gasteiger partial charge in [-0.3, -0.25) is 0 Å². The zero-order valence-electron chi connectivity index (χ0n) is 12.6. The summed E-state index contributed by atoms with van der Waals surface area (Å²) in [6.45, 7) is 0. The van der Waals surface area contributed by atoms with E-state index < -0.39 is 6.10 Å². The summed E-state index contributed by atoms with van der Waals surface area (Å²) in [5, 5.41) is 11.8. The zero-order valence-corrected chi connectivity index (χ0v) is 12.6. The summed E-state index contributed by atoms with van der Waals surface area (Å²) in [6, 6.07) is 28.2. The Morgan fingerprint density at radius 1 is 0.696 bits per heavy atom. The summed E-state index contributed by atoms with van der Waals surface area (Å²) in [7, 11) is 0. The molecule has 0 radical (unpaired) electrons. The molecule has 1 aromatic heterocycles. The molecule has 23 heavy (non-hydrogen) atoms. The van der Waals surface area contributed by atoms with Gasteiger partial charge in [-0.15, -0.1) is 0 Å². The Hall–Kier alpha value is -2.84. The van der Waals surface area contributed by atoms with Gasteiger partial charge in [-0.25, -0.2) is 0 Å². The van der Waals surface area contributed by atoms with Gasteiger partial charge in [-0.2, -0.15) is 0 Å². The second-order valence-corrected chi connectivity index (χ2v) is 5.71. The quantitative estimate of drug-likeness (QED) is 0.553. The van der Waals surface area contributed by atoms with Gasteiger partial charge >= 0.3 is 0 Å². The Labute approximate surface area is 135 Å². The molecular formula is C21H17NO. The molecule has 2 N–H and O–H groups in total. The standard InChI is InChI=1S/C21H17NO/c23-21(15-7-2-1-3-8-15)18-11-6-10-16(13-18)20-14-17-9-4-5-12-19(17)22-20/h1-14,21-23H. The summed E-state index contributed by atoms with van der Waals surface area (Å²) in [4.78, 5) is 3.44. The van der Waals surface area contributed by atoms with Crippen LogP contribution in [-0.4, -0.2) is 10.1 Å². The second kappa shape index (κ2) is 5.75. The number of hydrogen-bond acceptors (Lipinski definition) is 1. The maximum absolute atomic E-state index is 10.6. The van der Waals surface area contributed by atoms with Crippen LogP contribution in [0.25, 0.3) is 22.2 Å². The van der Waals surface area contributed by atoms with E-state index in [1.54, 1.807) is 0 Å². The van der Waals surface area contributed by atoms with Crippen molar-refractivity contribution < 1.29 is 5.11 Å². The third kappa shape index (κ3) is 2.65. The number of fused-ring (bicyclic) bond motifs is 1. The highest BCUT2D eigenvalue weighted by Gasteiger charge is 2.11. The van der Waals surface area contributed by atoms with Gasteiger partial charge in [0.15, 0.2) is 0 Å². The van der Waals surface area contributed by atoms with Crippen molar-refractivity contribution in [2.45, 2.75) is 6.10 Å². The summed E-state index contributed by atoms with van der Waals surface area (Å²) in [5.74, 6) is 0. The Balaban J connectivity index is 1.73. The van der Waals surface area contributed by atoms with Gasteiger partial charge in [0.25, 0.3) is 0 Å². The van der Waals surface area contributed by atoms with Gasteiger partial charge in [0.05, 0.1) is 0 Å². The third-order valence-corrected chi connectivity index (χ3v) is 4.16. The number of aromatic amines is 1. The van der Waals surface area contributed by atoms with E-state index in [-0.39, 0.29) is 0 Å². The lowest BCUT2D eigenvalue weighted by molar-refractivity contribution is 0.220. The number of benzene rings is 3. The largest absolute Gasteiger partial charge is 0.384 e. The average Bonchev–Trinajstić information content (AvgIpc) is 3.06. The van der Waals surface area contributed by atoms with Crippen molar-refractivity contribution in [3.05, 3.63) is 96.1 Å². The highest BCUT2D eigenvalue weighted by atomic mass is 16.3. The van der Waals surface area contributed by atoms with E-state index in [4.69, 9.17) is 0 Å². The number of aromatic nitrogens is 1. The molecule has 0 aliphatic carbocycles. The zero-order chi connectivity index (χ0) is 15.6. The number of H-pyrrole nitrogens is 1. The van der Waals surface area contributed by atoms with Crippen LogP contribution in [0.1, 0.15) is 17.2 Å². The predicted molar refractivity (Wildman–Crippen MR) is 94.2 cm³/mol. The van der Waals surface area contributed by atoms with Crippen LogP contribution in [0, 0.1) is 0 Å². The molecule has 0 aliphatic rings. The Morgan fingerprint density at radius 3 is 2.26 bits per heavy atom. The number of aliphatic hydroxyl groups is 1. The van der Waals surface area contributed by atoms with Gasteiger partial charge in [0.1, 0.15) is 6.10 Å². The van der Waals surface area contributed by atoms with Gasteiger partial charge in [0, 0.05) is 16.6 Å². The van der Waals surface area contributed by atoms with Gasteiger partial charge in [0.2, 0.25) is 0 Å². The van der Waals surface area contributed by atoms with Crippen LogP contribution in [0.5, 0.6) is 0 Å². The van der Waals surface area contributed by atoms with Crippen LogP contribution < -0.4 is 0 Å². The molecule has 0 spiro atoms. The summed E-state index contributed by atoms with van der Waals surface area (Å²) >= 11 is 0. The first-order valence-corrected chi connectivity index (χ1v) is 7.72. The molecule has 0 amide bonds. The second-order valence-electron chi connectivity index (χ2n) is 5.71. The molecule has 4 rings (SSSR count). The number of aliphatic hydroxyl groups excluding tert-OH is 1. The Kier molecular flexibility index (Phi) is 3.45. The first-order valence-electron chi connectivity index (χ1n) is 7.72. The van der Waals surface area contributed by atoms with Gasteiger partial charge in [-0.1, -0.05) is 66.7 Å². The van der Waals surface area contributed by atoms with E-state index in [1.807, 2.05) is 60.7 Å². The summed E-state index contributed by atoms with van der Waals surface area (Å²) in [5.41, 5.74) is 5.06. The molecule has 4 aromatic rings. The van der Waals surface area contributed by atoms with E-state index in [1.165, 1.54) is 5.39 Å². The third-order valence-electron chi connectivity index (χ3n) is 4.16. The van der Waals surface area contributed by atoms with Crippen molar-refractivity contribution >= 4 is 10.9 Å².